The van der Waals surface area contributed by atoms with Crippen LogP contribution in [0, 0.1) is 9.39 Å². The Hall–Kier alpha value is 0.710. The van der Waals surface area contributed by atoms with E-state index in [9.17, 15) is 4.39 Å². The van der Waals surface area contributed by atoms with E-state index in [0.717, 1.165) is 4.90 Å². The van der Waals surface area contributed by atoms with E-state index in [1.165, 1.54) is 0 Å². The van der Waals surface area contributed by atoms with Crippen LogP contribution in [0.4, 0.5) is 4.39 Å². The summed E-state index contributed by atoms with van der Waals surface area (Å²) in [6, 6.07) is 3.63. The highest BCUT2D eigenvalue weighted by Gasteiger charge is 2.07. The zero-order valence-electron chi connectivity index (χ0n) is 5.70. The average molecular weight is 347 g/mol. The fourth-order valence-electron chi connectivity index (χ4n) is 0.666. The lowest BCUT2D eigenvalue weighted by Crippen LogP contribution is -1.86. The molecule has 0 aliphatic rings. The number of hydrogen-bond acceptors (Lipinski definition) is 1. The third-order valence-electron chi connectivity index (χ3n) is 1.22. The lowest BCUT2D eigenvalue weighted by atomic mass is 10.3. The van der Waals surface area contributed by atoms with Gasteiger partial charge in [-0.15, -0.1) is 11.8 Å². The van der Waals surface area contributed by atoms with Gasteiger partial charge in [-0.1, -0.05) is 0 Å². The van der Waals surface area contributed by atoms with E-state index < -0.39 is 0 Å². The van der Waals surface area contributed by atoms with Crippen molar-refractivity contribution in [3.63, 3.8) is 0 Å². The Morgan fingerprint density at radius 2 is 2.18 bits per heavy atom. The van der Waals surface area contributed by atoms with Crippen LogP contribution in [0.3, 0.4) is 0 Å². The number of thioether (sulfide) groups is 1. The summed E-state index contributed by atoms with van der Waals surface area (Å²) in [5.74, 6) is -0.169. The molecule has 0 saturated carbocycles. The van der Waals surface area contributed by atoms with Crippen LogP contribution < -0.4 is 0 Å². The van der Waals surface area contributed by atoms with Crippen LogP contribution in [0.2, 0.25) is 0 Å². The van der Waals surface area contributed by atoms with Gasteiger partial charge in [-0.3, -0.25) is 0 Å². The predicted octanol–water partition coefficient (Wildman–Crippen LogP) is 3.91. The molecule has 0 aromatic heterocycles. The zero-order chi connectivity index (χ0) is 8.43. The van der Waals surface area contributed by atoms with Crippen LogP contribution in [-0.2, 0) is 0 Å². The molecule has 4 heteroatoms. The molecule has 0 aliphatic carbocycles. The molecule has 0 spiro atoms. The Morgan fingerprint density at radius 3 is 2.73 bits per heavy atom. The van der Waals surface area contributed by atoms with Gasteiger partial charge in [0.05, 0.1) is 8.04 Å². The number of rotatable bonds is 1. The first-order valence-electron chi connectivity index (χ1n) is 2.84. The lowest BCUT2D eigenvalue weighted by Gasteiger charge is -2.02. The molecule has 0 amide bonds. The van der Waals surface area contributed by atoms with Gasteiger partial charge in [-0.2, -0.15) is 0 Å². The van der Waals surface area contributed by atoms with E-state index in [-0.39, 0.29) is 5.82 Å². The summed E-state index contributed by atoms with van der Waals surface area (Å²) in [6.45, 7) is 0. The van der Waals surface area contributed by atoms with Gasteiger partial charge in [0.2, 0.25) is 0 Å². The molecule has 1 aromatic carbocycles. The van der Waals surface area contributed by atoms with Crippen LogP contribution in [0.25, 0.3) is 0 Å². The van der Waals surface area contributed by atoms with E-state index in [1.54, 1.807) is 17.8 Å². The molecule has 0 N–H and O–H groups in total. The summed E-state index contributed by atoms with van der Waals surface area (Å²) in [5.41, 5.74) is 0. The third kappa shape index (κ3) is 2.09. The number of benzene rings is 1. The summed E-state index contributed by atoms with van der Waals surface area (Å²) in [6.07, 6.45) is 1.94. The average Bonchev–Trinajstić information content (AvgIpc) is 2.01. The highest BCUT2D eigenvalue weighted by molar-refractivity contribution is 14.1. The Balaban J connectivity index is 3.25. The molecule has 0 radical (unpaired) electrons. The summed E-state index contributed by atoms with van der Waals surface area (Å²) in [4.78, 5) is 0.978. The molecule has 0 nitrogen and oxygen atoms in total. The van der Waals surface area contributed by atoms with Crippen molar-refractivity contribution in [1.82, 2.24) is 0 Å². The molecule has 1 rings (SSSR count). The van der Waals surface area contributed by atoms with Gasteiger partial charge >= 0.3 is 0 Å². The minimum Gasteiger partial charge on any atom is -0.205 e. The van der Waals surface area contributed by atoms with Crippen molar-refractivity contribution in [3.05, 3.63) is 26.0 Å². The summed E-state index contributed by atoms with van der Waals surface area (Å²) in [5, 5.41) is 0. The quantitative estimate of drug-likeness (QED) is 0.422. The molecule has 0 saturated heterocycles. The Labute approximate surface area is 91.2 Å². The maximum Gasteiger partial charge on any atom is 0.151 e. The van der Waals surface area contributed by atoms with E-state index in [1.807, 2.05) is 34.9 Å². The molecule has 1 aromatic rings. The van der Waals surface area contributed by atoms with Crippen molar-refractivity contribution in [3.8, 4) is 0 Å². The van der Waals surface area contributed by atoms with E-state index >= 15 is 0 Å². The van der Waals surface area contributed by atoms with Crippen molar-refractivity contribution < 1.29 is 4.39 Å². The Bertz CT molecular complexity index is 277. The van der Waals surface area contributed by atoms with Gasteiger partial charge < -0.3 is 0 Å². The predicted molar refractivity (Wildman–Crippen MR) is 58.6 cm³/mol. The first kappa shape index (κ1) is 9.80. The standard InChI is InChI=1S/C7H5BrFIS/c1-11-5-3-2-4(8)6(9)7(5)10/h2-3H,1H3. The number of hydrogen-bond donors (Lipinski definition) is 0. The maximum absolute atomic E-state index is 13.1. The second kappa shape index (κ2) is 4.09. The lowest BCUT2D eigenvalue weighted by molar-refractivity contribution is 0.609. The molecule has 0 unspecified atom stereocenters. The van der Waals surface area contributed by atoms with Gasteiger partial charge in [-0.05, 0) is 56.9 Å². The van der Waals surface area contributed by atoms with Crippen molar-refractivity contribution in [2.75, 3.05) is 6.26 Å². The molecular formula is C7H5BrFIS. The molecule has 0 aliphatic heterocycles. The monoisotopic (exact) mass is 346 g/mol. The van der Waals surface area contributed by atoms with Gasteiger partial charge in [0.1, 0.15) is 0 Å². The molecule has 60 valence electrons. The molecule has 11 heavy (non-hydrogen) atoms. The normalized spacial score (nSPS) is 10.2. The van der Waals surface area contributed by atoms with E-state index in [0.29, 0.717) is 8.04 Å². The van der Waals surface area contributed by atoms with E-state index in [4.69, 9.17) is 0 Å². The smallest absolute Gasteiger partial charge is 0.151 e. The van der Waals surface area contributed by atoms with Crippen LogP contribution in [0.5, 0.6) is 0 Å². The van der Waals surface area contributed by atoms with Crippen molar-refractivity contribution in [2.45, 2.75) is 4.90 Å². The zero-order valence-corrected chi connectivity index (χ0v) is 10.3. The van der Waals surface area contributed by atoms with Crippen molar-refractivity contribution >= 4 is 50.3 Å². The summed E-state index contributed by atoms with van der Waals surface area (Å²) >= 11 is 6.67. The number of halogens is 3. The van der Waals surface area contributed by atoms with Gasteiger partial charge in [0.15, 0.2) is 5.82 Å². The summed E-state index contributed by atoms with van der Waals surface area (Å²) < 4.78 is 14.3. The third-order valence-corrected chi connectivity index (χ3v) is 4.03. The fraction of sp³-hybridized carbons (Fsp3) is 0.143. The Morgan fingerprint density at radius 1 is 1.55 bits per heavy atom. The van der Waals surface area contributed by atoms with Crippen molar-refractivity contribution in [2.24, 2.45) is 0 Å². The second-order valence-corrected chi connectivity index (χ2v) is 4.66. The minimum absolute atomic E-state index is 0.169. The molecule has 0 atom stereocenters. The van der Waals surface area contributed by atoms with Crippen LogP contribution in [0.1, 0.15) is 0 Å². The van der Waals surface area contributed by atoms with Gasteiger partial charge in [-0.25, -0.2) is 4.39 Å². The first-order chi connectivity index (χ1) is 5.16. The van der Waals surface area contributed by atoms with Crippen LogP contribution in [0.15, 0.2) is 21.5 Å². The SMILES string of the molecule is CSc1ccc(Br)c(F)c1I. The highest BCUT2D eigenvalue weighted by Crippen LogP contribution is 2.28. The second-order valence-electron chi connectivity index (χ2n) is 1.88. The molecule has 0 fully saturated rings. The van der Waals surface area contributed by atoms with Gasteiger partial charge in [0, 0.05) is 4.90 Å². The Kier molecular flexibility index (Phi) is 3.64. The van der Waals surface area contributed by atoms with Crippen LogP contribution >= 0.6 is 50.3 Å². The first-order valence-corrected chi connectivity index (χ1v) is 5.94. The molecule has 0 heterocycles. The van der Waals surface area contributed by atoms with E-state index in [2.05, 4.69) is 15.9 Å². The van der Waals surface area contributed by atoms with Gasteiger partial charge in [0.25, 0.3) is 0 Å². The fourth-order valence-corrected chi connectivity index (χ4v) is 2.97. The molecular weight excluding hydrogens is 342 g/mol. The maximum atomic E-state index is 13.1. The topological polar surface area (TPSA) is 0 Å². The van der Waals surface area contributed by atoms with Crippen molar-refractivity contribution in [1.29, 1.82) is 0 Å². The van der Waals surface area contributed by atoms with Crippen LogP contribution in [-0.4, -0.2) is 6.26 Å². The summed E-state index contributed by atoms with van der Waals surface area (Å²) in [7, 11) is 0. The highest BCUT2D eigenvalue weighted by atomic mass is 127. The minimum atomic E-state index is -0.169. The largest absolute Gasteiger partial charge is 0.205 e. The molecule has 0 bridgehead atoms.